The van der Waals surface area contributed by atoms with Gasteiger partial charge in [0.15, 0.2) is 0 Å². The van der Waals surface area contributed by atoms with Crippen molar-refractivity contribution in [2.75, 3.05) is 45.8 Å². The van der Waals surface area contributed by atoms with Crippen molar-refractivity contribution in [1.82, 2.24) is 14.7 Å². The lowest BCUT2D eigenvalue weighted by Crippen LogP contribution is -2.44. The van der Waals surface area contributed by atoms with Gasteiger partial charge >= 0.3 is 0 Å². The summed E-state index contributed by atoms with van der Waals surface area (Å²) in [6, 6.07) is 22.9. The highest BCUT2D eigenvalue weighted by molar-refractivity contribution is 5.16. The van der Waals surface area contributed by atoms with Gasteiger partial charge in [0, 0.05) is 38.3 Å². The minimum absolute atomic E-state index is 0. The average Bonchev–Trinajstić information content (AvgIpc) is 2.79. The van der Waals surface area contributed by atoms with Gasteiger partial charge in [0.25, 0.3) is 0 Å². The van der Waals surface area contributed by atoms with Gasteiger partial charge in [-0.05, 0) is 57.5 Å². The van der Waals surface area contributed by atoms with E-state index in [0.29, 0.717) is 12.1 Å². The second-order valence-electron chi connectivity index (χ2n) is 8.77. The van der Waals surface area contributed by atoms with E-state index in [4.69, 9.17) is 0 Å². The first-order valence-corrected chi connectivity index (χ1v) is 12.4. The van der Waals surface area contributed by atoms with E-state index in [1.807, 2.05) is 0 Å². The number of hydrogen-bond acceptors (Lipinski definition) is 3. The first kappa shape index (κ1) is 28.4. The standard InChI is InChI=1S/C28H45N3.CH4/c1-6-29(19-21-30(7-2)25(4)23-27-15-11-9-12-16-27)20-22-31(8-3)26(5)24-28-17-13-10-14-18-28;/h9-18,25-26H,6-8,19-24H2,1-5H3;1H4/t25-,26-;/m1./s1. The van der Waals surface area contributed by atoms with E-state index in [-0.39, 0.29) is 7.43 Å². The highest BCUT2D eigenvalue weighted by Gasteiger charge is 2.16. The van der Waals surface area contributed by atoms with Crippen molar-refractivity contribution in [3.63, 3.8) is 0 Å². The molecule has 0 aromatic heterocycles. The predicted molar refractivity (Wildman–Crippen MR) is 143 cm³/mol. The number of benzene rings is 2. The largest absolute Gasteiger partial charge is 0.301 e. The van der Waals surface area contributed by atoms with Crippen molar-refractivity contribution in [2.24, 2.45) is 0 Å². The van der Waals surface area contributed by atoms with Gasteiger partial charge in [0.1, 0.15) is 0 Å². The van der Waals surface area contributed by atoms with E-state index in [1.165, 1.54) is 11.1 Å². The van der Waals surface area contributed by atoms with Gasteiger partial charge in [-0.2, -0.15) is 0 Å². The molecular weight excluding hydrogens is 390 g/mol. The van der Waals surface area contributed by atoms with Crippen molar-refractivity contribution < 1.29 is 0 Å². The Hall–Kier alpha value is -1.68. The molecule has 3 heteroatoms. The van der Waals surface area contributed by atoms with Gasteiger partial charge in [-0.15, -0.1) is 0 Å². The molecule has 0 radical (unpaired) electrons. The Morgan fingerprint density at radius 3 is 1.25 bits per heavy atom. The van der Waals surface area contributed by atoms with E-state index in [0.717, 1.165) is 58.7 Å². The van der Waals surface area contributed by atoms with Crippen LogP contribution < -0.4 is 0 Å². The fraction of sp³-hybridized carbons (Fsp3) is 0.586. The molecule has 2 aromatic carbocycles. The molecule has 0 N–H and O–H groups in total. The smallest absolute Gasteiger partial charge is 0.0112 e. The van der Waals surface area contributed by atoms with Crippen molar-refractivity contribution >= 4 is 0 Å². The Kier molecular flexibility index (Phi) is 14.2. The molecule has 0 unspecified atom stereocenters. The topological polar surface area (TPSA) is 9.72 Å². The van der Waals surface area contributed by atoms with Crippen LogP contribution in [0.4, 0.5) is 0 Å². The molecule has 0 aliphatic carbocycles. The Morgan fingerprint density at radius 1 is 0.562 bits per heavy atom. The van der Waals surface area contributed by atoms with Gasteiger partial charge < -0.3 is 4.90 Å². The zero-order valence-corrected chi connectivity index (χ0v) is 20.6. The number of hydrogen-bond donors (Lipinski definition) is 0. The fourth-order valence-corrected chi connectivity index (χ4v) is 4.52. The third-order valence-electron chi connectivity index (χ3n) is 6.66. The van der Waals surface area contributed by atoms with Crippen molar-refractivity contribution in [2.45, 2.75) is 67.0 Å². The Bertz CT molecular complexity index is 629. The summed E-state index contributed by atoms with van der Waals surface area (Å²) < 4.78 is 0. The second-order valence-corrected chi connectivity index (χ2v) is 8.77. The molecule has 180 valence electrons. The summed E-state index contributed by atoms with van der Waals surface area (Å²) in [5.41, 5.74) is 2.87. The maximum absolute atomic E-state index is 2.63. The lowest BCUT2D eigenvalue weighted by molar-refractivity contribution is 0.149. The molecule has 0 heterocycles. The lowest BCUT2D eigenvalue weighted by Gasteiger charge is -2.33. The number of likely N-dealkylation sites (N-methyl/N-ethyl adjacent to an activating group) is 3. The van der Waals surface area contributed by atoms with Crippen LogP contribution in [0.3, 0.4) is 0 Å². The van der Waals surface area contributed by atoms with Crippen molar-refractivity contribution in [1.29, 1.82) is 0 Å². The van der Waals surface area contributed by atoms with Gasteiger partial charge in [-0.1, -0.05) is 88.9 Å². The van der Waals surface area contributed by atoms with Crippen LogP contribution in [0, 0.1) is 0 Å². The quantitative estimate of drug-likeness (QED) is 0.345. The van der Waals surface area contributed by atoms with Gasteiger partial charge in [-0.25, -0.2) is 0 Å². The fourth-order valence-electron chi connectivity index (χ4n) is 4.52. The molecule has 0 amide bonds. The molecule has 0 aliphatic rings. The van der Waals surface area contributed by atoms with Crippen LogP contribution in [0.25, 0.3) is 0 Å². The van der Waals surface area contributed by atoms with Crippen LogP contribution >= 0.6 is 0 Å². The predicted octanol–water partition coefficient (Wildman–Crippen LogP) is 5.85. The molecular formula is C29H49N3. The summed E-state index contributed by atoms with van der Waals surface area (Å²) in [5, 5.41) is 0. The highest BCUT2D eigenvalue weighted by atomic mass is 15.2. The summed E-state index contributed by atoms with van der Waals surface area (Å²) in [4.78, 5) is 7.88. The monoisotopic (exact) mass is 439 g/mol. The summed E-state index contributed by atoms with van der Waals surface area (Å²) in [6.07, 6.45) is 2.25. The van der Waals surface area contributed by atoms with E-state index in [2.05, 4.69) is 110 Å². The van der Waals surface area contributed by atoms with Gasteiger partial charge in [0.2, 0.25) is 0 Å². The normalized spacial score (nSPS) is 13.4. The van der Waals surface area contributed by atoms with Crippen molar-refractivity contribution in [3.05, 3.63) is 71.8 Å². The maximum atomic E-state index is 2.63. The molecule has 0 bridgehead atoms. The lowest BCUT2D eigenvalue weighted by atomic mass is 10.1. The molecule has 0 saturated heterocycles. The summed E-state index contributed by atoms with van der Waals surface area (Å²) in [7, 11) is 0. The van der Waals surface area contributed by atoms with Crippen LogP contribution in [-0.4, -0.2) is 72.6 Å². The van der Waals surface area contributed by atoms with Crippen molar-refractivity contribution in [3.8, 4) is 0 Å². The van der Waals surface area contributed by atoms with Gasteiger partial charge in [0.05, 0.1) is 0 Å². The number of rotatable bonds is 15. The third kappa shape index (κ3) is 9.85. The van der Waals surface area contributed by atoms with Crippen LogP contribution in [0.5, 0.6) is 0 Å². The number of nitrogens with zero attached hydrogens (tertiary/aromatic N) is 3. The minimum atomic E-state index is 0. The van der Waals surface area contributed by atoms with Crippen LogP contribution in [-0.2, 0) is 12.8 Å². The molecule has 2 rings (SSSR count). The minimum Gasteiger partial charge on any atom is -0.301 e. The summed E-state index contributed by atoms with van der Waals surface area (Å²) in [5.74, 6) is 0. The van der Waals surface area contributed by atoms with Gasteiger partial charge in [-0.3, -0.25) is 9.80 Å². The summed E-state index contributed by atoms with van der Waals surface area (Å²) in [6.45, 7) is 19.6. The molecule has 0 saturated carbocycles. The van der Waals surface area contributed by atoms with Crippen LogP contribution in [0.2, 0.25) is 0 Å². The Labute approximate surface area is 199 Å². The second kappa shape index (κ2) is 16.0. The maximum Gasteiger partial charge on any atom is 0.0112 e. The van der Waals surface area contributed by atoms with E-state index in [9.17, 15) is 0 Å². The van der Waals surface area contributed by atoms with Crippen LogP contribution in [0.15, 0.2) is 60.7 Å². The third-order valence-corrected chi connectivity index (χ3v) is 6.66. The average molecular weight is 440 g/mol. The summed E-state index contributed by atoms with van der Waals surface area (Å²) >= 11 is 0. The molecule has 0 aliphatic heterocycles. The Morgan fingerprint density at radius 2 is 0.938 bits per heavy atom. The molecule has 2 aromatic rings. The highest BCUT2D eigenvalue weighted by Crippen LogP contribution is 2.10. The first-order valence-electron chi connectivity index (χ1n) is 12.4. The Balaban J connectivity index is 0.00000512. The molecule has 32 heavy (non-hydrogen) atoms. The zero-order valence-electron chi connectivity index (χ0n) is 20.6. The zero-order chi connectivity index (χ0) is 22.5. The molecule has 2 atom stereocenters. The molecule has 3 nitrogen and oxygen atoms in total. The van der Waals surface area contributed by atoms with E-state index >= 15 is 0 Å². The van der Waals surface area contributed by atoms with Crippen LogP contribution in [0.1, 0.15) is 53.2 Å². The molecule has 0 fully saturated rings. The van der Waals surface area contributed by atoms with E-state index < -0.39 is 0 Å². The SMILES string of the molecule is C.CCN(CCN(CC)[C@H](C)Cc1ccccc1)CCN(CC)[C@H](C)Cc1ccccc1. The first-order chi connectivity index (χ1) is 15.1. The van der Waals surface area contributed by atoms with E-state index in [1.54, 1.807) is 0 Å². The molecule has 0 spiro atoms.